The Kier molecular flexibility index (Phi) is 5.37. The van der Waals surface area contributed by atoms with Gasteiger partial charge in [0.05, 0.1) is 0 Å². The maximum atomic E-state index is 10.4. The number of hydrogen-bond acceptors (Lipinski definition) is 2. The van der Waals surface area contributed by atoms with Gasteiger partial charge in [0.1, 0.15) is 5.75 Å². The molecule has 0 fully saturated rings. The maximum Gasteiger partial charge on any atom is 0.344 e. The van der Waals surface area contributed by atoms with Gasteiger partial charge >= 0.3 is 5.97 Å². The molecule has 0 spiro atoms. The predicted molar refractivity (Wildman–Crippen MR) is 65.0 cm³/mol. The number of nitrogens with one attached hydrogen (secondary N) is 1. The zero-order valence-electron chi connectivity index (χ0n) is 9.54. The highest BCUT2D eigenvalue weighted by molar-refractivity contribution is 5.72. The number of H-pyrrole nitrogens is 1. The quantitative estimate of drug-likeness (QED) is 0.856. The largest absolute Gasteiger partial charge is 0.479 e. The van der Waals surface area contributed by atoms with Crippen LogP contribution in [0.15, 0.2) is 54.9 Å². The van der Waals surface area contributed by atoms with E-state index in [1.54, 1.807) is 24.3 Å². The van der Waals surface area contributed by atoms with Crippen LogP contribution in [0.4, 0.5) is 0 Å². The Hall–Kier alpha value is -2.23. The lowest BCUT2D eigenvalue weighted by Gasteiger charge is -2.09. The minimum atomic E-state index is -0.959. The van der Waals surface area contributed by atoms with Gasteiger partial charge in [-0.25, -0.2) is 4.79 Å². The summed E-state index contributed by atoms with van der Waals surface area (Å²) in [5, 5.41) is 8.52. The fourth-order valence-corrected chi connectivity index (χ4v) is 1.03. The first-order valence-corrected chi connectivity index (χ1v) is 5.22. The Balaban J connectivity index is 0.000000239. The van der Waals surface area contributed by atoms with E-state index in [-0.39, 0.29) is 0 Å². The van der Waals surface area contributed by atoms with Crippen molar-refractivity contribution in [3.05, 3.63) is 54.9 Å². The van der Waals surface area contributed by atoms with Gasteiger partial charge in [-0.15, -0.1) is 0 Å². The molecule has 4 heteroatoms. The molecule has 1 heterocycles. The number of carbonyl (C=O) groups is 1. The summed E-state index contributed by atoms with van der Waals surface area (Å²) in [6.45, 7) is 1.50. The monoisotopic (exact) mass is 233 g/mol. The van der Waals surface area contributed by atoms with E-state index in [0.717, 1.165) is 0 Å². The van der Waals surface area contributed by atoms with Gasteiger partial charge in [0.2, 0.25) is 0 Å². The molecular formula is C13H15NO3. The molecule has 1 unspecified atom stereocenters. The molecule has 0 saturated heterocycles. The number of hydrogen-bond donors (Lipinski definition) is 2. The van der Waals surface area contributed by atoms with Gasteiger partial charge in [0, 0.05) is 12.4 Å². The molecule has 0 bridgehead atoms. The van der Waals surface area contributed by atoms with Crippen molar-refractivity contribution >= 4 is 5.97 Å². The molecule has 1 aromatic carbocycles. The predicted octanol–water partition coefficient (Wildman–Crippen LogP) is 2.55. The molecule has 17 heavy (non-hydrogen) atoms. The van der Waals surface area contributed by atoms with Crippen molar-refractivity contribution in [1.82, 2.24) is 4.98 Å². The number of benzene rings is 1. The third-order valence-electron chi connectivity index (χ3n) is 1.90. The highest BCUT2D eigenvalue weighted by Crippen LogP contribution is 2.10. The first-order chi connectivity index (χ1) is 8.20. The molecule has 0 aliphatic rings. The fourth-order valence-electron chi connectivity index (χ4n) is 1.03. The molecule has 2 aromatic rings. The van der Waals surface area contributed by atoms with E-state index < -0.39 is 12.1 Å². The Labute approximate surface area is 99.9 Å². The van der Waals surface area contributed by atoms with E-state index in [9.17, 15) is 4.79 Å². The molecule has 1 atom stereocenters. The van der Waals surface area contributed by atoms with Crippen molar-refractivity contribution < 1.29 is 14.6 Å². The van der Waals surface area contributed by atoms with Gasteiger partial charge in [-0.05, 0) is 31.2 Å². The van der Waals surface area contributed by atoms with E-state index in [1.807, 2.05) is 30.6 Å². The zero-order valence-corrected chi connectivity index (χ0v) is 9.54. The Morgan fingerprint density at radius 3 is 2.18 bits per heavy atom. The van der Waals surface area contributed by atoms with Crippen LogP contribution in [0.5, 0.6) is 5.75 Å². The van der Waals surface area contributed by atoms with Gasteiger partial charge in [0.25, 0.3) is 0 Å². The van der Waals surface area contributed by atoms with Crippen molar-refractivity contribution in [3.8, 4) is 5.75 Å². The first kappa shape index (κ1) is 12.8. The van der Waals surface area contributed by atoms with Crippen molar-refractivity contribution in [2.45, 2.75) is 13.0 Å². The number of carboxylic acids is 1. The fraction of sp³-hybridized carbons (Fsp3) is 0.154. The van der Waals surface area contributed by atoms with E-state index in [2.05, 4.69) is 4.98 Å². The number of aromatic nitrogens is 1. The molecule has 0 aliphatic carbocycles. The normalized spacial score (nSPS) is 10.9. The number of rotatable bonds is 3. The van der Waals surface area contributed by atoms with Crippen molar-refractivity contribution in [2.24, 2.45) is 0 Å². The molecule has 0 amide bonds. The van der Waals surface area contributed by atoms with E-state index in [4.69, 9.17) is 9.84 Å². The highest BCUT2D eigenvalue weighted by Gasteiger charge is 2.11. The van der Waals surface area contributed by atoms with E-state index in [1.165, 1.54) is 6.92 Å². The maximum absolute atomic E-state index is 10.4. The van der Waals surface area contributed by atoms with Gasteiger partial charge in [0.15, 0.2) is 6.10 Å². The van der Waals surface area contributed by atoms with Crippen LogP contribution in [0.1, 0.15) is 6.92 Å². The SMILES string of the molecule is CC(Oc1ccccc1)C(=O)O.c1cc[nH]c1. The molecular weight excluding hydrogens is 218 g/mol. The average Bonchev–Trinajstić information content (AvgIpc) is 2.89. The van der Waals surface area contributed by atoms with Gasteiger partial charge in [-0.2, -0.15) is 0 Å². The summed E-state index contributed by atoms with van der Waals surface area (Å²) in [6.07, 6.45) is 2.95. The van der Waals surface area contributed by atoms with Crippen LogP contribution in [0.3, 0.4) is 0 Å². The second-order valence-electron chi connectivity index (χ2n) is 3.30. The Morgan fingerprint density at radius 1 is 1.18 bits per heavy atom. The topological polar surface area (TPSA) is 62.3 Å². The standard InChI is InChI=1S/C9H10O3.C4H5N/c1-7(9(10)11)12-8-5-3-2-4-6-8;1-2-4-5-3-1/h2-7H,1H3,(H,10,11);1-5H. The lowest BCUT2D eigenvalue weighted by molar-refractivity contribution is -0.144. The van der Waals surface area contributed by atoms with Gasteiger partial charge in [-0.1, -0.05) is 18.2 Å². The minimum Gasteiger partial charge on any atom is -0.479 e. The van der Waals surface area contributed by atoms with Crippen LogP contribution in [-0.2, 0) is 4.79 Å². The zero-order chi connectivity index (χ0) is 12.5. The van der Waals surface area contributed by atoms with Crippen LogP contribution in [0.2, 0.25) is 0 Å². The van der Waals surface area contributed by atoms with E-state index in [0.29, 0.717) is 5.75 Å². The number of aliphatic carboxylic acids is 1. The number of ether oxygens (including phenoxy) is 1. The molecule has 90 valence electrons. The lowest BCUT2D eigenvalue weighted by Crippen LogP contribution is -2.22. The van der Waals surface area contributed by atoms with Crippen LogP contribution in [0.25, 0.3) is 0 Å². The molecule has 1 aromatic heterocycles. The smallest absolute Gasteiger partial charge is 0.344 e. The first-order valence-electron chi connectivity index (χ1n) is 5.22. The summed E-state index contributed by atoms with van der Waals surface area (Å²) in [6, 6.07) is 12.8. The summed E-state index contributed by atoms with van der Waals surface area (Å²) in [5.41, 5.74) is 0. The van der Waals surface area contributed by atoms with Crippen molar-refractivity contribution in [2.75, 3.05) is 0 Å². The highest BCUT2D eigenvalue weighted by atomic mass is 16.5. The van der Waals surface area contributed by atoms with Gasteiger partial charge in [-0.3, -0.25) is 0 Å². The van der Waals surface area contributed by atoms with Crippen LogP contribution in [0, 0.1) is 0 Å². The molecule has 0 radical (unpaired) electrons. The third kappa shape index (κ3) is 5.41. The van der Waals surface area contributed by atoms with Crippen LogP contribution < -0.4 is 4.74 Å². The van der Waals surface area contributed by atoms with Crippen molar-refractivity contribution in [1.29, 1.82) is 0 Å². The lowest BCUT2D eigenvalue weighted by atomic mass is 10.3. The van der Waals surface area contributed by atoms with Crippen LogP contribution >= 0.6 is 0 Å². The van der Waals surface area contributed by atoms with Gasteiger partial charge < -0.3 is 14.8 Å². The Morgan fingerprint density at radius 2 is 1.76 bits per heavy atom. The minimum absolute atomic E-state index is 0.576. The second-order valence-corrected chi connectivity index (χ2v) is 3.30. The van der Waals surface area contributed by atoms with Crippen molar-refractivity contribution in [3.63, 3.8) is 0 Å². The molecule has 4 nitrogen and oxygen atoms in total. The number of carboxylic acid groups (broad SMARTS) is 1. The molecule has 2 N–H and O–H groups in total. The summed E-state index contributed by atoms with van der Waals surface area (Å²) in [5.74, 6) is -0.383. The molecule has 0 saturated carbocycles. The Bertz CT molecular complexity index is 394. The molecule has 2 rings (SSSR count). The summed E-state index contributed by atoms with van der Waals surface area (Å²) < 4.78 is 5.08. The number of para-hydroxylation sites is 1. The average molecular weight is 233 g/mol. The summed E-state index contributed by atoms with van der Waals surface area (Å²) in [4.78, 5) is 13.2. The second kappa shape index (κ2) is 7.11. The summed E-state index contributed by atoms with van der Waals surface area (Å²) >= 11 is 0. The third-order valence-corrected chi connectivity index (χ3v) is 1.90. The number of aromatic amines is 1. The molecule has 0 aliphatic heterocycles. The van der Waals surface area contributed by atoms with E-state index >= 15 is 0 Å². The summed E-state index contributed by atoms with van der Waals surface area (Å²) in [7, 11) is 0. The van der Waals surface area contributed by atoms with Crippen LogP contribution in [-0.4, -0.2) is 22.2 Å².